The molecule has 0 radical (unpaired) electrons. The van der Waals surface area contributed by atoms with Gasteiger partial charge < -0.3 is 15.1 Å². The number of nitrogens with one attached hydrogen (secondary N) is 2. The summed E-state index contributed by atoms with van der Waals surface area (Å²) in [5, 5.41) is 5.75. The normalized spacial score (nSPS) is 19.1. The van der Waals surface area contributed by atoms with Gasteiger partial charge in [0.15, 0.2) is 0 Å². The third kappa shape index (κ3) is 5.05. The van der Waals surface area contributed by atoms with E-state index in [-0.39, 0.29) is 18.2 Å². The van der Waals surface area contributed by atoms with Gasteiger partial charge in [-0.3, -0.25) is 14.9 Å². The van der Waals surface area contributed by atoms with Gasteiger partial charge in [0.25, 0.3) is 0 Å². The van der Waals surface area contributed by atoms with Gasteiger partial charge in [0.1, 0.15) is 6.04 Å². The number of benzene rings is 2. The summed E-state index contributed by atoms with van der Waals surface area (Å²) < 4.78 is 0. The van der Waals surface area contributed by atoms with Gasteiger partial charge in [-0.2, -0.15) is 0 Å². The lowest BCUT2D eigenvalue weighted by Crippen LogP contribution is -2.56. The molecular weight excluding hydrogens is 390 g/mol. The summed E-state index contributed by atoms with van der Waals surface area (Å²) in [6.45, 7) is 7.39. The van der Waals surface area contributed by atoms with Crippen LogP contribution < -0.4 is 15.5 Å². The van der Waals surface area contributed by atoms with Crippen LogP contribution in [0, 0.1) is 0 Å². The molecule has 2 aromatic rings. The molecule has 0 aliphatic carbocycles. The molecule has 1 fully saturated rings. The second-order valence-corrected chi connectivity index (χ2v) is 8.30. The molecular formula is C24H29N5O2. The summed E-state index contributed by atoms with van der Waals surface area (Å²) in [4.78, 5) is 34.0. The molecule has 0 bridgehead atoms. The number of carbonyl (C=O) groups is 2. The van der Waals surface area contributed by atoms with Gasteiger partial charge in [-0.05, 0) is 35.7 Å². The van der Waals surface area contributed by atoms with Crippen LogP contribution in [0.3, 0.4) is 0 Å². The Hall–Kier alpha value is -3.35. The van der Waals surface area contributed by atoms with Gasteiger partial charge in [0, 0.05) is 37.6 Å². The Balaban J connectivity index is 1.39. The number of amides is 2. The van der Waals surface area contributed by atoms with Crippen molar-refractivity contribution in [3.63, 3.8) is 0 Å². The zero-order chi connectivity index (χ0) is 21.8. The van der Waals surface area contributed by atoms with E-state index in [0.29, 0.717) is 17.6 Å². The van der Waals surface area contributed by atoms with E-state index >= 15 is 0 Å². The predicted molar refractivity (Wildman–Crippen MR) is 123 cm³/mol. The second-order valence-electron chi connectivity index (χ2n) is 8.30. The molecule has 1 atom stereocenters. The smallest absolute Gasteiger partial charge is 0.249 e. The van der Waals surface area contributed by atoms with Crippen LogP contribution in [0.25, 0.3) is 0 Å². The maximum absolute atomic E-state index is 12.8. The molecule has 31 heavy (non-hydrogen) atoms. The van der Waals surface area contributed by atoms with Crippen molar-refractivity contribution >= 4 is 29.1 Å². The highest BCUT2D eigenvalue weighted by Crippen LogP contribution is 2.19. The summed E-state index contributed by atoms with van der Waals surface area (Å²) in [6, 6.07) is 17.4. The maximum atomic E-state index is 12.8. The number of nitrogens with zero attached hydrogens (tertiary/aromatic N) is 3. The lowest BCUT2D eigenvalue weighted by Gasteiger charge is -2.38. The highest BCUT2D eigenvalue weighted by molar-refractivity contribution is 6.06. The fourth-order valence-corrected chi connectivity index (χ4v) is 3.88. The zero-order valence-corrected chi connectivity index (χ0v) is 18.0. The molecule has 0 saturated carbocycles. The van der Waals surface area contributed by atoms with Crippen LogP contribution >= 0.6 is 0 Å². The van der Waals surface area contributed by atoms with E-state index in [9.17, 15) is 9.59 Å². The van der Waals surface area contributed by atoms with Gasteiger partial charge in [-0.1, -0.05) is 44.2 Å². The number of anilines is 2. The Morgan fingerprint density at radius 2 is 1.65 bits per heavy atom. The van der Waals surface area contributed by atoms with Crippen molar-refractivity contribution in [2.75, 3.05) is 36.4 Å². The first-order valence-electron chi connectivity index (χ1n) is 10.8. The van der Waals surface area contributed by atoms with Crippen LogP contribution in [-0.2, 0) is 9.59 Å². The minimum atomic E-state index is -0.722. The zero-order valence-electron chi connectivity index (χ0n) is 18.0. The van der Waals surface area contributed by atoms with Crippen LogP contribution in [0.15, 0.2) is 59.6 Å². The summed E-state index contributed by atoms with van der Waals surface area (Å²) >= 11 is 0. The molecule has 4 rings (SSSR count). The van der Waals surface area contributed by atoms with E-state index in [4.69, 9.17) is 0 Å². The third-order valence-corrected chi connectivity index (χ3v) is 5.76. The Morgan fingerprint density at radius 3 is 2.29 bits per heavy atom. The van der Waals surface area contributed by atoms with Crippen molar-refractivity contribution in [3.8, 4) is 0 Å². The number of piperazine rings is 1. The Bertz CT molecular complexity index is 948. The molecule has 7 heteroatoms. The number of carbonyl (C=O) groups excluding carboxylic acids is 2. The summed E-state index contributed by atoms with van der Waals surface area (Å²) in [5.74, 6) is 0.499. The number of rotatable bonds is 4. The third-order valence-electron chi connectivity index (χ3n) is 5.76. The molecule has 0 spiro atoms. The molecule has 1 saturated heterocycles. The van der Waals surface area contributed by atoms with Crippen molar-refractivity contribution in [1.29, 1.82) is 0 Å². The van der Waals surface area contributed by atoms with E-state index in [1.807, 2.05) is 47.4 Å². The average molecular weight is 420 g/mol. The lowest BCUT2D eigenvalue weighted by molar-refractivity contribution is -0.125. The molecule has 2 aromatic carbocycles. The van der Waals surface area contributed by atoms with Crippen LogP contribution in [0.2, 0.25) is 0 Å². The van der Waals surface area contributed by atoms with E-state index < -0.39 is 6.04 Å². The number of hydrogen-bond acceptors (Lipinski definition) is 5. The highest BCUT2D eigenvalue weighted by Gasteiger charge is 2.30. The first-order valence-corrected chi connectivity index (χ1v) is 10.8. The van der Waals surface area contributed by atoms with Gasteiger partial charge >= 0.3 is 0 Å². The maximum Gasteiger partial charge on any atom is 0.249 e. The van der Waals surface area contributed by atoms with Crippen molar-refractivity contribution in [2.45, 2.75) is 32.2 Å². The van der Waals surface area contributed by atoms with Crippen LogP contribution in [0.1, 0.15) is 31.7 Å². The monoisotopic (exact) mass is 419 g/mol. The fraction of sp³-hybridized carbons (Fsp3) is 0.375. The molecule has 0 unspecified atom stereocenters. The van der Waals surface area contributed by atoms with Crippen LogP contribution in [-0.4, -0.2) is 54.9 Å². The molecule has 2 N–H and O–H groups in total. The molecule has 7 nitrogen and oxygen atoms in total. The fourth-order valence-electron chi connectivity index (χ4n) is 3.88. The largest absolute Gasteiger partial charge is 0.368 e. The topological polar surface area (TPSA) is 77.0 Å². The molecule has 2 heterocycles. The van der Waals surface area contributed by atoms with E-state index in [1.165, 1.54) is 11.3 Å². The SMILES string of the molecule is CC(C)c1ccc(NC(=O)[C@H]2CC(=O)NC(N3CCN(c4ccccc4)CC3)=N2)cc1. The Morgan fingerprint density at radius 1 is 1.00 bits per heavy atom. The first kappa shape index (κ1) is 20.9. The van der Waals surface area contributed by atoms with Gasteiger partial charge in [-0.15, -0.1) is 0 Å². The van der Waals surface area contributed by atoms with Crippen molar-refractivity contribution in [3.05, 3.63) is 60.2 Å². The number of hydrogen-bond donors (Lipinski definition) is 2. The van der Waals surface area contributed by atoms with Gasteiger partial charge in [0.05, 0.1) is 6.42 Å². The second kappa shape index (κ2) is 9.20. The quantitative estimate of drug-likeness (QED) is 0.799. The first-order chi connectivity index (χ1) is 15.0. The highest BCUT2D eigenvalue weighted by atomic mass is 16.2. The predicted octanol–water partition coefficient (Wildman–Crippen LogP) is 2.82. The number of aliphatic imine (C=N–C) groups is 1. The Kier molecular flexibility index (Phi) is 6.21. The van der Waals surface area contributed by atoms with Gasteiger partial charge in [-0.25, -0.2) is 4.99 Å². The van der Waals surface area contributed by atoms with Gasteiger partial charge in [0.2, 0.25) is 17.8 Å². The molecule has 2 amide bonds. The minimum Gasteiger partial charge on any atom is -0.368 e. The van der Waals surface area contributed by atoms with Crippen molar-refractivity contribution in [2.24, 2.45) is 4.99 Å². The van der Waals surface area contributed by atoms with Crippen molar-refractivity contribution < 1.29 is 9.59 Å². The Labute approximate surface area is 183 Å². The minimum absolute atomic E-state index is 0.0589. The summed E-state index contributed by atoms with van der Waals surface area (Å²) in [5.41, 5.74) is 3.12. The average Bonchev–Trinajstić information content (AvgIpc) is 2.79. The van der Waals surface area contributed by atoms with E-state index in [2.05, 4.69) is 46.5 Å². The number of para-hydroxylation sites is 1. The lowest BCUT2D eigenvalue weighted by atomic mass is 10.0. The van der Waals surface area contributed by atoms with E-state index in [1.54, 1.807) is 0 Å². The molecule has 0 aromatic heterocycles. The summed E-state index contributed by atoms with van der Waals surface area (Å²) in [6.07, 6.45) is 0.0589. The molecule has 2 aliphatic rings. The van der Waals surface area contributed by atoms with Crippen LogP contribution in [0.5, 0.6) is 0 Å². The molecule has 162 valence electrons. The standard InChI is InChI=1S/C24H29N5O2/c1-17(2)18-8-10-19(11-9-18)25-23(31)21-16-22(30)27-24(26-21)29-14-12-28(13-15-29)20-6-4-3-5-7-20/h3-11,17,21H,12-16H2,1-2H3,(H,25,31)(H,26,27,30)/t21-/m1/s1. The van der Waals surface area contributed by atoms with Crippen LogP contribution in [0.4, 0.5) is 11.4 Å². The van der Waals surface area contributed by atoms with Crippen molar-refractivity contribution in [1.82, 2.24) is 10.2 Å². The van der Waals surface area contributed by atoms with E-state index in [0.717, 1.165) is 26.2 Å². The molecule has 2 aliphatic heterocycles. The summed E-state index contributed by atoms with van der Waals surface area (Å²) in [7, 11) is 0. The number of guanidine groups is 1.